The quantitative estimate of drug-likeness (QED) is 0.518. The van der Waals surface area contributed by atoms with Gasteiger partial charge in [-0.05, 0) is 54.4 Å². The zero-order valence-corrected chi connectivity index (χ0v) is 19.3. The van der Waals surface area contributed by atoms with Crippen LogP contribution in [0.1, 0.15) is 27.2 Å². The van der Waals surface area contributed by atoms with Gasteiger partial charge in [-0.25, -0.2) is 9.37 Å². The van der Waals surface area contributed by atoms with Gasteiger partial charge in [0, 0.05) is 30.4 Å². The molecule has 0 aliphatic carbocycles. The number of methoxy groups -OCH3 is 1. The lowest BCUT2D eigenvalue weighted by molar-refractivity contribution is -0.134. The van der Waals surface area contributed by atoms with Crippen molar-refractivity contribution in [2.24, 2.45) is 5.92 Å². The summed E-state index contributed by atoms with van der Waals surface area (Å²) in [7, 11) is 1.59. The van der Waals surface area contributed by atoms with E-state index in [0.717, 1.165) is 5.69 Å². The summed E-state index contributed by atoms with van der Waals surface area (Å²) < 4.78 is 20.3. The van der Waals surface area contributed by atoms with Crippen LogP contribution < -0.4 is 10.1 Å². The van der Waals surface area contributed by atoms with Crippen LogP contribution in [0, 0.1) is 11.7 Å². The maximum atomic E-state index is 13.4. The van der Waals surface area contributed by atoms with Crippen molar-refractivity contribution in [1.82, 2.24) is 14.5 Å². The van der Waals surface area contributed by atoms with E-state index < -0.39 is 0 Å². The molecule has 0 aliphatic heterocycles. The Hall–Kier alpha value is -3.68. The minimum Gasteiger partial charge on any atom is -0.497 e. The van der Waals surface area contributed by atoms with Crippen molar-refractivity contribution in [3.8, 4) is 22.7 Å². The molecule has 3 aromatic rings. The Morgan fingerprint density at radius 3 is 2.36 bits per heavy atom. The highest BCUT2D eigenvalue weighted by atomic mass is 19.1. The molecule has 0 spiro atoms. The fourth-order valence-electron chi connectivity index (χ4n) is 3.42. The number of carbonyl (C=O) groups is 2. The molecule has 0 radical (unpaired) electrons. The summed E-state index contributed by atoms with van der Waals surface area (Å²) in [5.41, 5.74) is 2.04. The van der Waals surface area contributed by atoms with Gasteiger partial charge in [-0.3, -0.25) is 19.5 Å². The number of hydrogen-bond donors (Lipinski definition) is 1. The summed E-state index contributed by atoms with van der Waals surface area (Å²) in [6.45, 7) is 6.21. The second kappa shape index (κ2) is 10.8. The van der Waals surface area contributed by atoms with Crippen LogP contribution in [-0.4, -0.2) is 46.5 Å². The lowest BCUT2D eigenvalue weighted by atomic mass is 10.2. The third-order valence-corrected chi connectivity index (χ3v) is 5.02. The monoisotopic (exact) mass is 452 g/mol. The summed E-state index contributed by atoms with van der Waals surface area (Å²) in [5.74, 6) is 0.476. The largest absolute Gasteiger partial charge is 0.497 e. The zero-order chi connectivity index (χ0) is 24.0. The van der Waals surface area contributed by atoms with Crippen molar-refractivity contribution >= 4 is 17.8 Å². The molecule has 2 aromatic carbocycles. The van der Waals surface area contributed by atoms with Gasteiger partial charge in [0.15, 0.2) is 0 Å². The molecule has 3 rings (SSSR count). The molecule has 0 bridgehead atoms. The van der Waals surface area contributed by atoms with Crippen molar-refractivity contribution in [2.45, 2.75) is 27.2 Å². The number of benzene rings is 2. The molecular formula is C25H29FN4O3. The predicted octanol–water partition coefficient (Wildman–Crippen LogP) is 4.52. The van der Waals surface area contributed by atoms with Gasteiger partial charge >= 0.3 is 0 Å². The average Bonchev–Trinajstić information content (AvgIpc) is 3.21. The molecule has 2 amide bonds. The van der Waals surface area contributed by atoms with E-state index in [4.69, 9.17) is 4.74 Å². The van der Waals surface area contributed by atoms with E-state index in [0.29, 0.717) is 35.9 Å². The summed E-state index contributed by atoms with van der Waals surface area (Å²) in [5, 5.41) is 2.84. The maximum absolute atomic E-state index is 13.4. The third kappa shape index (κ3) is 6.19. The van der Waals surface area contributed by atoms with Gasteiger partial charge in [-0.2, -0.15) is 0 Å². The topological polar surface area (TPSA) is 76.5 Å². The van der Waals surface area contributed by atoms with E-state index in [9.17, 15) is 14.0 Å². The number of nitrogens with one attached hydrogen (secondary N) is 1. The first-order valence-corrected chi connectivity index (χ1v) is 10.9. The van der Waals surface area contributed by atoms with Gasteiger partial charge in [-0.15, -0.1) is 0 Å². The number of nitrogens with zero attached hydrogens (tertiary/aromatic N) is 3. The molecule has 0 aliphatic rings. The Bertz CT molecular complexity index is 1090. The van der Waals surface area contributed by atoms with E-state index in [1.54, 1.807) is 41.8 Å². The first-order chi connectivity index (χ1) is 15.8. The van der Waals surface area contributed by atoms with Crippen LogP contribution in [0.4, 0.5) is 10.3 Å². The number of anilines is 1. The predicted molar refractivity (Wildman–Crippen MR) is 126 cm³/mol. The molecule has 1 aromatic heterocycles. The summed E-state index contributed by atoms with van der Waals surface area (Å²) in [6.07, 6.45) is 2.10. The molecule has 0 atom stereocenters. The van der Waals surface area contributed by atoms with Gasteiger partial charge < -0.3 is 9.64 Å². The van der Waals surface area contributed by atoms with Crippen LogP contribution in [0.3, 0.4) is 0 Å². The smallest absolute Gasteiger partial charge is 0.246 e. The Morgan fingerprint density at radius 2 is 1.79 bits per heavy atom. The number of halogens is 1. The van der Waals surface area contributed by atoms with Crippen LogP contribution in [-0.2, 0) is 9.59 Å². The van der Waals surface area contributed by atoms with E-state index in [1.165, 1.54) is 12.1 Å². The highest BCUT2D eigenvalue weighted by molar-refractivity contribution is 5.93. The number of amides is 2. The number of imidazole rings is 1. The van der Waals surface area contributed by atoms with Gasteiger partial charge in [-0.1, -0.05) is 20.8 Å². The molecule has 1 N–H and O–H groups in total. The van der Waals surface area contributed by atoms with Crippen molar-refractivity contribution in [1.29, 1.82) is 0 Å². The number of rotatable bonds is 9. The Balaban J connectivity index is 1.91. The SMILES string of the molecule is CCC(=O)N(CC(=O)Nc1nc(-c2ccc(F)cc2)cn1-c1ccc(OC)cc1)CC(C)C. The summed E-state index contributed by atoms with van der Waals surface area (Å²) in [4.78, 5) is 31.3. The fraction of sp³-hybridized carbons (Fsp3) is 0.320. The van der Waals surface area contributed by atoms with Crippen LogP contribution in [0.25, 0.3) is 16.9 Å². The third-order valence-electron chi connectivity index (χ3n) is 5.02. The normalized spacial score (nSPS) is 10.8. The van der Waals surface area contributed by atoms with Gasteiger partial charge in [0.2, 0.25) is 17.8 Å². The van der Waals surface area contributed by atoms with E-state index in [1.807, 2.05) is 38.1 Å². The van der Waals surface area contributed by atoms with Crippen molar-refractivity contribution in [3.05, 3.63) is 60.5 Å². The fourth-order valence-corrected chi connectivity index (χ4v) is 3.42. The second-order valence-electron chi connectivity index (χ2n) is 8.09. The number of aromatic nitrogens is 2. The summed E-state index contributed by atoms with van der Waals surface area (Å²) >= 11 is 0. The average molecular weight is 453 g/mol. The van der Waals surface area contributed by atoms with Crippen LogP contribution >= 0.6 is 0 Å². The van der Waals surface area contributed by atoms with Crippen LogP contribution in [0.2, 0.25) is 0 Å². The molecule has 8 heteroatoms. The molecule has 0 unspecified atom stereocenters. The molecule has 0 saturated carbocycles. The first-order valence-electron chi connectivity index (χ1n) is 10.9. The van der Waals surface area contributed by atoms with Crippen molar-refractivity contribution in [2.75, 3.05) is 25.5 Å². The minimum absolute atomic E-state index is 0.0633. The Morgan fingerprint density at radius 1 is 1.12 bits per heavy atom. The van der Waals surface area contributed by atoms with Gasteiger partial charge in [0.25, 0.3) is 0 Å². The highest BCUT2D eigenvalue weighted by Crippen LogP contribution is 2.25. The number of carbonyl (C=O) groups excluding carboxylic acids is 2. The molecular weight excluding hydrogens is 423 g/mol. The lowest BCUT2D eigenvalue weighted by Crippen LogP contribution is -2.40. The van der Waals surface area contributed by atoms with Gasteiger partial charge in [0.1, 0.15) is 11.6 Å². The molecule has 33 heavy (non-hydrogen) atoms. The Kier molecular flexibility index (Phi) is 7.82. The van der Waals surface area contributed by atoms with E-state index >= 15 is 0 Å². The van der Waals surface area contributed by atoms with Crippen molar-refractivity contribution < 1.29 is 18.7 Å². The van der Waals surface area contributed by atoms with Crippen LogP contribution in [0.5, 0.6) is 5.75 Å². The molecule has 7 nitrogen and oxygen atoms in total. The summed E-state index contributed by atoms with van der Waals surface area (Å²) in [6, 6.07) is 13.3. The van der Waals surface area contributed by atoms with E-state index in [2.05, 4.69) is 10.3 Å². The van der Waals surface area contributed by atoms with E-state index in [-0.39, 0.29) is 30.1 Å². The molecule has 0 saturated heterocycles. The lowest BCUT2D eigenvalue weighted by Gasteiger charge is -2.23. The second-order valence-corrected chi connectivity index (χ2v) is 8.09. The zero-order valence-electron chi connectivity index (χ0n) is 19.3. The highest BCUT2D eigenvalue weighted by Gasteiger charge is 2.19. The molecule has 0 fully saturated rings. The van der Waals surface area contributed by atoms with Crippen molar-refractivity contribution in [3.63, 3.8) is 0 Å². The first kappa shape index (κ1) is 24.0. The van der Waals surface area contributed by atoms with Crippen LogP contribution in [0.15, 0.2) is 54.7 Å². The van der Waals surface area contributed by atoms with Gasteiger partial charge in [0.05, 0.1) is 19.3 Å². The molecule has 1 heterocycles. The number of hydrogen-bond acceptors (Lipinski definition) is 4. The Labute approximate surface area is 193 Å². The minimum atomic E-state index is -0.344. The molecule has 174 valence electrons. The maximum Gasteiger partial charge on any atom is 0.246 e. The number of ether oxygens (including phenoxy) is 1. The standard InChI is InChI=1S/C25H29FN4O3/c1-5-24(32)29(14-17(2)3)16-23(31)28-25-27-22(18-6-8-19(26)9-7-18)15-30(25)20-10-12-21(33-4)13-11-20/h6-13,15,17H,5,14,16H2,1-4H3,(H,27,28,31).